The third-order valence-electron chi connectivity index (χ3n) is 5.76. The molecule has 0 fully saturated rings. The number of nitrogens with two attached hydrogens (primary N) is 1. The van der Waals surface area contributed by atoms with E-state index >= 15 is 0 Å². The molecule has 1 amide bonds. The second-order valence-corrected chi connectivity index (χ2v) is 9.12. The lowest BCUT2D eigenvalue weighted by Gasteiger charge is -2.13. The SMILES string of the molecule is CCCc1nc2c(N)nc3cc(OCCCNC(=O)c4ccc(F)cc4)ccc3c2n1CC(C)C. The fourth-order valence-corrected chi connectivity index (χ4v) is 4.17. The van der Waals surface area contributed by atoms with Crippen LogP contribution in [0.5, 0.6) is 5.75 Å². The van der Waals surface area contributed by atoms with Gasteiger partial charge in [-0.05, 0) is 55.2 Å². The Morgan fingerprint density at radius 1 is 1.17 bits per heavy atom. The van der Waals surface area contributed by atoms with Crippen molar-refractivity contribution in [1.82, 2.24) is 19.9 Å². The topological polar surface area (TPSA) is 95.1 Å². The molecule has 0 aliphatic carbocycles. The zero-order chi connectivity index (χ0) is 24.9. The van der Waals surface area contributed by atoms with Crippen molar-refractivity contribution < 1.29 is 13.9 Å². The molecule has 0 spiro atoms. The lowest BCUT2D eigenvalue weighted by Crippen LogP contribution is -2.25. The fourth-order valence-electron chi connectivity index (χ4n) is 4.17. The van der Waals surface area contributed by atoms with Crippen LogP contribution in [0.4, 0.5) is 10.2 Å². The fraction of sp³-hybridized carbons (Fsp3) is 0.370. The number of halogens is 1. The Balaban J connectivity index is 1.45. The Bertz CT molecular complexity index is 1330. The van der Waals surface area contributed by atoms with Crippen LogP contribution in [0.3, 0.4) is 0 Å². The largest absolute Gasteiger partial charge is 0.493 e. The van der Waals surface area contributed by atoms with Gasteiger partial charge < -0.3 is 20.4 Å². The molecule has 7 nitrogen and oxygen atoms in total. The molecule has 2 aromatic heterocycles. The van der Waals surface area contributed by atoms with Crippen molar-refractivity contribution in [3.63, 3.8) is 0 Å². The number of aromatic nitrogens is 3. The number of hydrogen-bond donors (Lipinski definition) is 2. The average molecular weight is 478 g/mol. The molecule has 0 aliphatic rings. The van der Waals surface area contributed by atoms with Crippen molar-refractivity contribution in [1.29, 1.82) is 0 Å². The van der Waals surface area contributed by atoms with Gasteiger partial charge in [0.15, 0.2) is 5.82 Å². The number of hydrogen-bond acceptors (Lipinski definition) is 5. The minimum Gasteiger partial charge on any atom is -0.493 e. The summed E-state index contributed by atoms with van der Waals surface area (Å²) in [5, 5.41) is 3.82. The molecule has 0 saturated carbocycles. The summed E-state index contributed by atoms with van der Waals surface area (Å²) in [6, 6.07) is 11.3. The van der Waals surface area contributed by atoms with Crippen molar-refractivity contribution in [2.45, 2.75) is 46.6 Å². The molecule has 4 aromatic rings. The smallest absolute Gasteiger partial charge is 0.251 e. The van der Waals surface area contributed by atoms with Gasteiger partial charge in [0.2, 0.25) is 0 Å². The van der Waals surface area contributed by atoms with E-state index in [-0.39, 0.29) is 11.7 Å². The zero-order valence-electron chi connectivity index (χ0n) is 20.5. The van der Waals surface area contributed by atoms with Crippen molar-refractivity contribution >= 4 is 33.7 Å². The highest BCUT2D eigenvalue weighted by atomic mass is 19.1. The van der Waals surface area contributed by atoms with Crippen molar-refractivity contribution in [2.75, 3.05) is 18.9 Å². The lowest BCUT2D eigenvalue weighted by molar-refractivity contribution is 0.0951. The predicted molar refractivity (Wildman–Crippen MR) is 137 cm³/mol. The summed E-state index contributed by atoms with van der Waals surface area (Å²) in [6.45, 7) is 8.29. The van der Waals surface area contributed by atoms with Crippen LogP contribution in [-0.2, 0) is 13.0 Å². The van der Waals surface area contributed by atoms with Crippen LogP contribution >= 0.6 is 0 Å². The van der Waals surface area contributed by atoms with Crippen LogP contribution in [-0.4, -0.2) is 33.6 Å². The highest BCUT2D eigenvalue weighted by Gasteiger charge is 2.18. The Labute approximate surface area is 204 Å². The maximum atomic E-state index is 13.0. The number of carbonyl (C=O) groups is 1. The van der Waals surface area contributed by atoms with E-state index in [2.05, 4.69) is 35.6 Å². The first kappa shape index (κ1) is 24.4. The predicted octanol–water partition coefficient (Wildman–Crippen LogP) is 5.11. The first-order chi connectivity index (χ1) is 16.9. The third-order valence-corrected chi connectivity index (χ3v) is 5.76. The van der Waals surface area contributed by atoms with Gasteiger partial charge in [-0.3, -0.25) is 4.79 Å². The maximum absolute atomic E-state index is 13.0. The highest BCUT2D eigenvalue weighted by molar-refractivity contribution is 6.07. The summed E-state index contributed by atoms with van der Waals surface area (Å²) in [7, 11) is 0. The highest BCUT2D eigenvalue weighted by Crippen LogP contribution is 2.32. The van der Waals surface area contributed by atoms with Gasteiger partial charge in [-0.2, -0.15) is 0 Å². The Hall–Kier alpha value is -3.68. The summed E-state index contributed by atoms with van der Waals surface area (Å²) < 4.78 is 21.2. The average Bonchev–Trinajstić information content (AvgIpc) is 3.17. The summed E-state index contributed by atoms with van der Waals surface area (Å²) in [5.41, 5.74) is 9.30. The van der Waals surface area contributed by atoms with E-state index in [4.69, 9.17) is 15.5 Å². The van der Waals surface area contributed by atoms with Crippen molar-refractivity contribution in [2.24, 2.45) is 5.92 Å². The molecular weight excluding hydrogens is 445 g/mol. The number of carbonyl (C=O) groups excluding carboxylic acids is 1. The molecule has 4 rings (SSSR count). The molecule has 3 N–H and O–H groups in total. The van der Waals surface area contributed by atoms with E-state index in [1.54, 1.807) is 0 Å². The van der Waals surface area contributed by atoms with Crippen LogP contribution in [0.25, 0.3) is 21.9 Å². The van der Waals surface area contributed by atoms with Gasteiger partial charge in [0.1, 0.15) is 22.9 Å². The molecule has 2 aromatic carbocycles. The minimum absolute atomic E-state index is 0.236. The molecule has 0 aliphatic heterocycles. The van der Waals surface area contributed by atoms with Crippen LogP contribution < -0.4 is 15.8 Å². The zero-order valence-corrected chi connectivity index (χ0v) is 20.5. The van der Waals surface area contributed by atoms with E-state index in [0.29, 0.717) is 42.6 Å². The molecule has 35 heavy (non-hydrogen) atoms. The van der Waals surface area contributed by atoms with Gasteiger partial charge in [-0.25, -0.2) is 14.4 Å². The number of nitrogen functional groups attached to an aromatic ring is 1. The molecule has 0 radical (unpaired) electrons. The summed E-state index contributed by atoms with van der Waals surface area (Å²) in [6.07, 6.45) is 2.53. The van der Waals surface area contributed by atoms with Gasteiger partial charge in [0.25, 0.3) is 5.91 Å². The Kier molecular flexibility index (Phi) is 7.48. The standard InChI is InChI=1S/C27H32FN5O2/c1-4-6-23-32-24-25(33(23)16-17(2)3)21-12-11-20(15-22(21)31-26(24)29)35-14-5-13-30-27(34)18-7-9-19(28)10-8-18/h7-12,15,17H,4-6,13-14,16H2,1-3H3,(H2,29,31)(H,30,34). The normalized spacial score (nSPS) is 11.5. The first-order valence-corrected chi connectivity index (χ1v) is 12.1. The number of rotatable bonds is 10. The summed E-state index contributed by atoms with van der Waals surface area (Å²) in [4.78, 5) is 21.5. The summed E-state index contributed by atoms with van der Waals surface area (Å²) >= 11 is 0. The first-order valence-electron chi connectivity index (χ1n) is 12.1. The number of nitrogens with zero attached hydrogens (tertiary/aromatic N) is 3. The van der Waals surface area contributed by atoms with Gasteiger partial charge in [-0.15, -0.1) is 0 Å². The number of nitrogens with one attached hydrogen (secondary N) is 1. The molecule has 0 atom stereocenters. The molecule has 184 valence electrons. The van der Waals surface area contributed by atoms with Gasteiger partial charge >= 0.3 is 0 Å². The monoisotopic (exact) mass is 477 g/mol. The number of ether oxygens (including phenoxy) is 1. The Morgan fingerprint density at radius 2 is 1.94 bits per heavy atom. The molecule has 8 heteroatoms. The van der Waals surface area contributed by atoms with Crippen LogP contribution in [0.2, 0.25) is 0 Å². The number of imidazole rings is 1. The van der Waals surface area contributed by atoms with Gasteiger partial charge in [-0.1, -0.05) is 20.8 Å². The summed E-state index contributed by atoms with van der Waals surface area (Å²) in [5.74, 6) is 2.03. The molecule has 0 unspecified atom stereocenters. The minimum atomic E-state index is -0.368. The number of pyridine rings is 1. The number of fused-ring (bicyclic) bond motifs is 3. The van der Waals surface area contributed by atoms with Crippen LogP contribution in [0.1, 0.15) is 49.8 Å². The van der Waals surface area contributed by atoms with Gasteiger partial charge in [0, 0.05) is 36.5 Å². The van der Waals surface area contributed by atoms with E-state index in [0.717, 1.165) is 47.1 Å². The van der Waals surface area contributed by atoms with E-state index in [1.807, 2.05) is 18.2 Å². The van der Waals surface area contributed by atoms with Gasteiger partial charge in [0.05, 0.1) is 17.6 Å². The number of aryl methyl sites for hydroxylation is 1. The van der Waals surface area contributed by atoms with E-state index < -0.39 is 0 Å². The second-order valence-electron chi connectivity index (χ2n) is 9.12. The van der Waals surface area contributed by atoms with Crippen LogP contribution in [0, 0.1) is 11.7 Å². The van der Waals surface area contributed by atoms with Crippen molar-refractivity contribution in [3.8, 4) is 5.75 Å². The number of anilines is 1. The Morgan fingerprint density at radius 3 is 2.66 bits per heavy atom. The molecule has 2 heterocycles. The van der Waals surface area contributed by atoms with Crippen LogP contribution in [0.15, 0.2) is 42.5 Å². The van der Waals surface area contributed by atoms with E-state index in [9.17, 15) is 9.18 Å². The van der Waals surface area contributed by atoms with E-state index in [1.165, 1.54) is 24.3 Å². The third kappa shape index (κ3) is 5.53. The second kappa shape index (κ2) is 10.7. The molecule has 0 bridgehead atoms. The van der Waals surface area contributed by atoms with Crippen molar-refractivity contribution in [3.05, 3.63) is 59.7 Å². The maximum Gasteiger partial charge on any atom is 0.251 e. The number of amides is 1. The molecular formula is C27H32FN5O2. The molecule has 0 saturated heterocycles. The lowest BCUT2D eigenvalue weighted by atomic mass is 10.1. The number of benzene rings is 2. The quantitative estimate of drug-likeness (QED) is 0.309.